The number of halogens is 1. The maximum absolute atomic E-state index is 11.2. The topological polar surface area (TPSA) is 47.6 Å². The molecular weight excluding hydrogens is 206 g/mol. The van der Waals surface area contributed by atoms with E-state index in [1.54, 1.807) is 0 Å². The lowest BCUT2D eigenvalue weighted by molar-refractivity contribution is -0.150. The van der Waals surface area contributed by atoms with Crippen LogP contribution in [0.4, 0.5) is 0 Å². The molecule has 5 heteroatoms. The molecule has 0 bridgehead atoms. The molecular formula is C9H16ClNO3. The molecule has 1 saturated heterocycles. The molecule has 1 heterocycles. The van der Waals surface area contributed by atoms with Crippen molar-refractivity contribution in [3.05, 3.63) is 0 Å². The summed E-state index contributed by atoms with van der Waals surface area (Å²) < 4.78 is 10.1. The van der Waals surface area contributed by atoms with Crippen molar-refractivity contribution in [1.29, 1.82) is 0 Å². The number of carbonyl (C=O) groups excluding carboxylic acids is 1. The van der Waals surface area contributed by atoms with Crippen molar-refractivity contribution in [3.8, 4) is 0 Å². The number of ether oxygens (including phenoxy) is 2. The Balaban J connectivity index is 0.000000980. The van der Waals surface area contributed by atoms with E-state index < -0.39 is 0 Å². The zero-order valence-electron chi connectivity index (χ0n) is 8.25. The number of esters is 1. The van der Waals surface area contributed by atoms with Gasteiger partial charge < -0.3 is 9.47 Å². The van der Waals surface area contributed by atoms with Gasteiger partial charge in [0, 0.05) is 5.54 Å². The first-order chi connectivity index (χ1) is 6.26. The van der Waals surface area contributed by atoms with Crippen LogP contribution in [0.25, 0.3) is 0 Å². The Morgan fingerprint density at radius 2 is 2.29 bits per heavy atom. The molecule has 0 amide bonds. The first-order valence-electron chi connectivity index (χ1n) is 4.69. The summed E-state index contributed by atoms with van der Waals surface area (Å²) >= 11 is 0. The largest absolute Gasteiger partial charge is 0.468 e. The zero-order valence-corrected chi connectivity index (χ0v) is 9.06. The van der Waals surface area contributed by atoms with E-state index in [0.29, 0.717) is 6.61 Å². The molecule has 0 aromatic rings. The summed E-state index contributed by atoms with van der Waals surface area (Å²) in [5, 5.41) is 3.32. The van der Waals surface area contributed by atoms with E-state index in [1.165, 1.54) is 13.5 Å². The van der Waals surface area contributed by atoms with Crippen LogP contribution in [0, 0.1) is 0 Å². The van der Waals surface area contributed by atoms with Crippen LogP contribution in [0.2, 0.25) is 0 Å². The minimum absolute atomic E-state index is 0. The highest BCUT2D eigenvalue weighted by atomic mass is 35.5. The van der Waals surface area contributed by atoms with Gasteiger partial charge in [-0.3, -0.25) is 10.1 Å². The summed E-state index contributed by atoms with van der Waals surface area (Å²) in [7, 11) is 1.41. The van der Waals surface area contributed by atoms with Gasteiger partial charge in [-0.15, -0.1) is 12.4 Å². The summed E-state index contributed by atoms with van der Waals surface area (Å²) in [6.07, 6.45) is 3.45. The lowest BCUT2D eigenvalue weighted by Gasteiger charge is -2.47. The maximum Gasteiger partial charge on any atom is 0.325 e. The molecule has 2 aliphatic rings. The average Bonchev–Trinajstić information content (AvgIpc) is 2.14. The molecule has 1 saturated carbocycles. The van der Waals surface area contributed by atoms with Gasteiger partial charge in [0.2, 0.25) is 0 Å². The lowest BCUT2D eigenvalue weighted by Crippen LogP contribution is -2.64. The van der Waals surface area contributed by atoms with E-state index in [1.807, 2.05) is 0 Å². The van der Waals surface area contributed by atoms with Crippen LogP contribution in [0.1, 0.15) is 19.3 Å². The molecule has 1 aliphatic carbocycles. The molecule has 0 radical (unpaired) electrons. The number of hydrogen-bond acceptors (Lipinski definition) is 4. The predicted octanol–water partition coefficient (Wildman–Crippen LogP) is 0.492. The van der Waals surface area contributed by atoms with E-state index in [0.717, 1.165) is 19.4 Å². The van der Waals surface area contributed by atoms with Gasteiger partial charge in [0.15, 0.2) is 0 Å². The molecule has 2 fully saturated rings. The fraction of sp³-hybridized carbons (Fsp3) is 0.889. The molecule has 82 valence electrons. The third kappa shape index (κ3) is 2.02. The molecule has 2 rings (SSSR count). The summed E-state index contributed by atoms with van der Waals surface area (Å²) in [5.74, 6) is -0.217. The third-order valence-corrected chi connectivity index (χ3v) is 2.94. The fourth-order valence-electron chi connectivity index (χ4n) is 1.99. The summed E-state index contributed by atoms with van der Waals surface area (Å²) in [6, 6.07) is -0.265. The molecule has 1 aliphatic heterocycles. The van der Waals surface area contributed by atoms with Crippen LogP contribution in [0.5, 0.6) is 0 Å². The van der Waals surface area contributed by atoms with Crippen LogP contribution in [-0.2, 0) is 14.3 Å². The lowest BCUT2D eigenvalue weighted by atomic mass is 9.76. The van der Waals surface area contributed by atoms with Gasteiger partial charge in [-0.2, -0.15) is 0 Å². The highest BCUT2D eigenvalue weighted by Gasteiger charge is 2.43. The average molecular weight is 222 g/mol. The van der Waals surface area contributed by atoms with Crippen LogP contribution >= 0.6 is 12.4 Å². The Labute approximate surface area is 89.7 Å². The van der Waals surface area contributed by atoms with Gasteiger partial charge in [-0.05, 0) is 19.3 Å². The van der Waals surface area contributed by atoms with Crippen molar-refractivity contribution in [2.45, 2.75) is 30.8 Å². The summed E-state index contributed by atoms with van der Waals surface area (Å²) in [4.78, 5) is 11.2. The van der Waals surface area contributed by atoms with E-state index in [4.69, 9.17) is 4.74 Å². The normalized spacial score (nSPS) is 28.8. The molecule has 14 heavy (non-hydrogen) atoms. The Morgan fingerprint density at radius 1 is 1.57 bits per heavy atom. The zero-order chi connectivity index (χ0) is 9.31. The van der Waals surface area contributed by atoms with E-state index in [9.17, 15) is 4.79 Å². The highest BCUT2D eigenvalue weighted by molar-refractivity contribution is 5.85. The molecule has 1 spiro atoms. The van der Waals surface area contributed by atoms with Gasteiger partial charge in [0.05, 0.1) is 20.3 Å². The molecule has 0 aromatic heterocycles. The second-order valence-corrected chi connectivity index (χ2v) is 3.87. The standard InChI is InChI=1S/C9H15NO3.ClH/c1-12-8(11)7-5-13-6-9(10-7)3-2-4-9;/h7,10H,2-6H2,1H3;1H. The third-order valence-electron chi connectivity index (χ3n) is 2.94. The molecule has 4 nitrogen and oxygen atoms in total. The van der Waals surface area contributed by atoms with Crippen molar-refractivity contribution in [2.24, 2.45) is 0 Å². The monoisotopic (exact) mass is 221 g/mol. The van der Waals surface area contributed by atoms with Gasteiger partial charge in [-0.1, -0.05) is 0 Å². The van der Waals surface area contributed by atoms with Gasteiger partial charge in [0.25, 0.3) is 0 Å². The van der Waals surface area contributed by atoms with E-state index >= 15 is 0 Å². The molecule has 1 atom stereocenters. The van der Waals surface area contributed by atoms with Crippen LogP contribution in [0.15, 0.2) is 0 Å². The van der Waals surface area contributed by atoms with Crippen LogP contribution < -0.4 is 5.32 Å². The van der Waals surface area contributed by atoms with Crippen molar-refractivity contribution in [1.82, 2.24) is 5.32 Å². The number of rotatable bonds is 1. The van der Waals surface area contributed by atoms with Gasteiger partial charge >= 0.3 is 5.97 Å². The Morgan fingerprint density at radius 3 is 2.79 bits per heavy atom. The number of morpholine rings is 1. The number of carbonyl (C=O) groups is 1. The van der Waals surface area contributed by atoms with Crippen molar-refractivity contribution >= 4 is 18.4 Å². The fourth-order valence-corrected chi connectivity index (χ4v) is 1.99. The summed E-state index contributed by atoms with van der Waals surface area (Å²) in [5.41, 5.74) is 0.0805. The SMILES string of the molecule is COC(=O)C1COCC2(CCC2)N1.Cl. The smallest absolute Gasteiger partial charge is 0.325 e. The second-order valence-electron chi connectivity index (χ2n) is 3.87. The molecule has 1 unspecified atom stereocenters. The van der Waals surface area contributed by atoms with Crippen molar-refractivity contribution in [2.75, 3.05) is 20.3 Å². The molecule has 1 N–H and O–H groups in total. The molecule has 0 aromatic carbocycles. The predicted molar refractivity (Wildman–Crippen MR) is 53.6 cm³/mol. The maximum atomic E-state index is 11.2. The number of nitrogens with one attached hydrogen (secondary N) is 1. The Hall–Kier alpha value is -0.320. The van der Waals surface area contributed by atoms with E-state index in [-0.39, 0.29) is 30.0 Å². The Bertz CT molecular complexity index is 218. The minimum Gasteiger partial charge on any atom is -0.468 e. The first-order valence-corrected chi connectivity index (χ1v) is 4.69. The van der Waals surface area contributed by atoms with Crippen molar-refractivity contribution < 1.29 is 14.3 Å². The minimum atomic E-state index is -0.265. The van der Waals surface area contributed by atoms with Crippen molar-refractivity contribution in [3.63, 3.8) is 0 Å². The quantitative estimate of drug-likeness (QED) is 0.655. The second kappa shape index (κ2) is 4.47. The highest BCUT2D eigenvalue weighted by Crippen LogP contribution is 2.34. The Kier molecular flexibility index (Phi) is 3.75. The van der Waals surface area contributed by atoms with Gasteiger partial charge in [0.1, 0.15) is 6.04 Å². The first kappa shape index (κ1) is 11.8. The van der Waals surface area contributed by atoms with E-state index in [2.05, 4.69) is 10.1 Å². The number of methoxy groups -OCH3 is 1. The van der Waals surface area contributed by atoms with Crippen LogP contribution in [0.3, 0.4) is 0 Å². The number of hydrogen-bond donors (Lipinski definition) is 1. The summed E-state index contributed by atoms with van der Waals surface area (Å²) in [6.45, 7) is 1.18. The van der Waals surface area contributed by atoms with Gasteiger partial charge in [-0.25, -0.2) is 0 Å². The van der Waals surface area contributed by atoms with Crippen LogP contribution in [-0.4, -0.2) is 37.9 Å².